The molecular formula is C23H25N3O8. The predicted molar refractivity (Wildman–Crippen MR) is 119 cm³/mol. The van der Waals surface area contributed by atoms with Gasteiger partial charge >= 0.3 is 23.7 Å². The molecule has 1 aliphatic rings. The van der Waals surface area contributed by atoms with Crippen molar-refractivity contribution in [2.24, 2.45) is 0 Å². The molecule has 0 unspecified atom stereocenters. The molecule has 1 aromatic heterocycles. The smallest absolute Gasteiger partial charge is 0.413 e. The van der Waals surface area contributed by atoms with Crippen LogP contribution in [0.5, 0.6) is 0 Å². The minimum absolute atomic E-state index is 0.0383. The van der Waals surface area contributed by atoms with Crippen LogP contribution in [-0.4, -0.2) is 45.9 Å². The van der Waals surface area contributed by atoms with Gasteiger partial charge in [-0.25, -0.2) is 9.59 Å². The summed E-state index contributed by atoms with van der Waals surface area (Å²) in [6.45, 7) is 7.75. The summed E-state index contributed by atoms with van der Waals surface area (Å²) in [7, 11) is 0. The number of hydrogen-bond acceptors (Lipinski definition) is 9. The van der Waals surface area contributed by atoms with Crippen LogP contribution in [0.2, 0.25) is 0 Å². The molecule has 1 N–H and O–H groups in total. The Labute approximate surface area is 195 Å². The van der Waals surface area contributed by atoms with Gasteiger partial charge in [0.05, 0.1) is 6.10 Å². The van der Waals surface area contributed by atoms with Gasteiger partial charge in [-0.1, -0.05) is 36.9 Å². The van der Waals surface area contributed by atoms with Gasteiger partial charge in [0.2, 0.25) is 5.72 Å². The average Bonchev–Trinajstić information content (AvgIpc) is 3.04. The normalized spacial score (nSPS) is 23.6. The first-order valence-electron chi connectivity index (χ1n) is 10.4. The molecule has 1 fully saturated rings. The Kier molecular flexibility index (Phi) is 7.47. The lowest BCUT2D eigenvalue weighted by Crippen LogP contribution is -2.51. The maximum Gasteiger partial charge on any atom is 0.413 e. The van der Waals surface area contributed by atoms with Crippen molar-refractivity contribution in [3.05, 3.63) is 71.3 Å². The molecule has 1 aromatic carbocycles. The largest absolute Gasteiger partial charge is 0.456 e. The van der Waals surface area contributed by atoms with E-state index < -0.39 is 47.8 Å². The maximum atomic E-state index is 12.9. The highest BCUT2D eigenvalue weighted by atomic mass is 16.7. The van der Waals surface area contributed by atoms with E-state index in [1.165, 1.54) is 32.2 Å². The Morgan fingerprint density at radius 3 is 2.44 bits per heavy atom. The van der Waals surface area contributed by atoms with E-state index in [1.807, 2.05) is 18.2 Å². The third-order valence-electron chi connectivity index (χ3n) is 5.05. The molecule has 11 heteroatoms. The fourth-order valence-corrected chi connectivity index (χ4v) is 3.65. The van der Waals surface area contributed by atoms with E-state index >= 15 is 0 Å². The summed E-state index contributed by atoms with van der Waals surface area (Å²) >= 11 is 0. The van der Waals surface area contributed by atoms with E-state index in [1.54, 1.807) is 19.1 Å². The van der Waals surface area contributed by atoms with E-state index in [0.29, 0.717) is 0 Å². The fraction of sp³-hybridized carbons (Fsp3) is 0.348. The molecule has 1 amide bonds. The third-order valence-corrected chi connectivity index (χ3v) is 5.05. The second kappa shape index (κ2) is 10.3. The summed E-state index contributed by atoms with van der Waals surface area (Å²) in [5, 5.41) is 2.38. The minimum atomic E-state index is -1.71. The van der Waals surface area contributed by atoms with Gasteiger partial charge in [-0.2, -0.15) is 4.98 Å². The van der Waals surface area contributed by atoms with Gasteiger partial charge in [0.25, 0.3) is 0 Å². The zero-order chi connectivity index (χ0) is 24.9. The monoisotopic (exact) mass is 471 g/mol. The Morgan fingerprint density at radius 1 is 1.18 bits per heavy atom. The summed E-state index contributed by atoms with van der Waals surface area (Å²) in [6.07, 6.45) is -1.20. The Morgan fingerprint density at radius 2 is 1.85 bits per heavy atom. The predicted octanol–water partition coefficient (Wildman–Crippen LogP) is 2.11. The number of anilines is 1. The van der Waals surface area contributed by atoms with E-state index in [2.05, 4.69) is 16.9 Å². The Hall–Kier alpha value is -3.99. The minimum Gasteiger partial charge on any atom is -0.456 e. The zero-order valence-electron chi connectivity index (χ0n) is 18.9. The molecule has 1 saturated heterocycles. The quantitative estimate of drug-likeness (QED) is 0.366. The topological polar surface area (TPSA) is 135 Å². The molecule has 34 heavy (non-hydrogen) atoms. The number of nitrogens with one attached hydrogen (secondary N) is 1. The van der Waals surface area contributed by atoms with Crippen molar-refractivity contribution in [1.29, 1.82) is 0 Å². The average molecular weight is 471 g/mol. The lowest BCUT2D eigenvalue weighted by atomic mass is 10.0. The van der Waals surface area contributed by atoms with Crippen LogP contribution in [0.25, 0.3) is 0 Å². The van der Waals surface area contributed by atoms with Crippen LogP contribution in [-0.2, 0) is 40.9 Å². The highest BCUT2D eigenvalue weighted by Gasteiger charge is 2.58. The van der Waals surface area contributed by atoms with Crippen molar-refractivity contribution in [1.82, 2.24) is 9.55 Å². The number of ether oxygens (including phenoxy) is 4. The van der Waals surface area contributed by atoms with Gasteiger partial charge in [0.1, 0.15) is 12.4 Å². The molecule has 2 heterocycles. The van der Waals surface area contributed by atoms with Crippen molar-refractivity contribution in [2.45, 2.75) is 51.4 Å². The lowest BCUT2D eigenvalue weighted by Gasteiger charge is -2.33. The molecule has 3 rings (SSSR count). The van der Waals surface area contributed by atoms with Gasteiger partial charge in [0, 0.05) is 20.0 Å². The zero-order valence-corrected chi connectivity index (χ0v) is 18.9. The summed E-state index contributed by atoms with van der Waals surface area (Å²) in [4.78, 5) is 52.2. The number of carbonyl (C=O) groups excluding carboxylic acids is 3. The molecule has 0 aliphatic carbocycles. The van der Waals surface area contributed by atoms with Crippen LogP contribution >= 0.6 is 0 Å². The highest BCUT2D eigenvalue weighted by molar-refractivity contribution is 5.83. The second-order valence-corrected chi connectivity index (χ2v) is 7.54. The molecule has 180 valence electrons. The first kappa shape index (κ1) is 24.6. The fourth-order valence-electron chi connectivity index (χ4n) is 3.65. The molecule has 0 radical (unpaired) electrons. The van der Waals surface area contributed by atoms with Crippen LogP contribution in [0.4, 0.5) is 10.6 Å². The summed E-state index contributed by atoms with van der Waals surface area (Å²) in [5.41, 5.74) is -1.75. The number of hydrogen-bond donors (Lipinski definition) is 1. The van der Waals surface area contributed by atoms with Crippen LogP contribution in [0.15, 0.2) is 60.0 Å². The van der Waals surface area contributed by atoms with Crippen molar-refractivity contribution < 1.29 is 33.3 Å². The summed E-state index contributed by atoms with van der Waals surface area (Å²) in [6, 6.07) is 10.4. The van der Waals surface area contributed by atoms with Crippen LogP contribution in [0.3, 0.4) is 0 Å². The van der Waals surface area contributed by atoms with Gasteiger partial charge in [0.15, 0.2) is 12.2 Å². The van der Waals surface area contributed by atoms with Crippen molar-refractivity contribution >= 4 is 23.8 Å². The number of nitrogens with zero attached hydrogens (tertiary/aromatic N) is 2. The number of carbonyl (C=O) groups is 3. The SMILES string of the molecule is C=C[C@@]1(n2ccc(NC(=O)OCc3ccccc3)nc2=O)O[C@H](C)[C@@H](OC(C)=O)[C@H]1OC(C)=O. The lowest BCUT2D eigenvalue weighted by molar-refractivity contribution is -0.171. The van der Waals surface area contributed by atoms with Crippen LogP contribution < -0.4 is 11.0 Å². The Balaban J connectivity index is 1.83. The first-order chi connectivity index (χ1) is 16.2. The number of esters is 2. The Bertz CT molecular complexity index is 1130. The van der Waals surface area contributed by atoms with E-state index in [4.69, 9.17) is 18.9 Å². The maximum absolute atomic E-state index is 12.9. The van der Waals surface area contributed by atoms with E-state index in [9.17, 15) is 19.2 Å². The number of aromatic nitrogens is 2. The number of rotatable bonds is 7. The highest BCUT2D eigenvalue weighted by Crippen LogP contribution is 2.39. The van der Waals surface area contributed by atoms with Crippen molar-refractivity contribution in [3.8, 4) is 0 Å². The molecular weight excluding hydrogens is 446 g/mol. The van der Waals surface area contributed by atoms with Gasteiger partial charge < -0.3 is 18.9 Å². The summed E-state index contributed by atoms with van der Waals surface area (Å²) < 4.78 is 22.8. The van der Waals surface area contributed by atoms with Crippen molar-refractivity contribution in [3.63, 3.8) is 0 Å². The first-order valence-corrected chi connectivity index (χ1v) is 10.4. The third kappa shape index (κ3) is 5.31. The van der Waals surface area contributed by atoms with Crippen LogP contribution in [0.1, 0.15) is 26.3 Å². The molecule has 0 spiro atoms. The molecule has 2 aromatic rings. The van der Waals surface area contributed by atoms with Gasteiger partial charge in [-0.15, -0.1) is 0 Å². The van der Waals surface area contributed by atoms with Crippen LogP contribution in [0, 0.1) is 0 Å². The molecule has 1 aliphatic heterocycles. The standard InChI is InChI=1S/C23H25N3O8/c1-5-23(20(33-16(4)28)19(14(2)34-23)32-15(3)27)26-12-11-18(24-21(26)29)25-22(30)31-13-17-9-7-6-8-10-17/h5-12,14,19-20H,1,13H2,2-4H3,(H,24,25,29,30)/t14-,19-,20-,23-/m1/s1. The van der Waals surface area contributed by atoms with Gasteiger partial charge in [-0.3, -0.25) is 19.5 Å². The number of benzene rings is 1. The molecule has 11 nitrogen and oxygen atoms in total. The second-order valence-electron chi connectivity index (χ2n) is 7.54. The molecule has 4 atom stereocenters. The molecule has 0 saturated carbocycles. The van der Waals surface area contributed by atoms with Crippen molar-refractivity contribution in [2.75, 3.05) is 5.32 Å². The number of amides is 1. The summed E-state index contributed by atoms with van der Waals surface area (Å²) in [5.74, 6) is -1.35. The molecule has 0 bridgehead atoms. The van der Waals surface area contributed by atoms with E-state index in [-0.39, 0.29) is 12.4 Å². The van der Waals surface area contributed by atoms with E-state index in [0.717, 1.165) is 10.1 Å². The van der Waals surface area contributed by atoms with Gasteiger partial charge in [-0.05, 0) is 24.6 Å².